The fourth-order valence-corrected chi connectivity index (χ4v) is 15.8. The van der Waals surface area contributed by atoms with E-state index in [-0.39, 0.29) is 50.4 Å². The van der Waals surface area contributed by atoms with E-state index in [0.717, 1.165) is 92.6 Å². The van der Waals surface area contributed by atoms with Crippen molar-refractivity contribution in [2.45, 2.75) is 79.8 Å². The first kappa shape index (κ1) is 63.7. The Bertz CT molecular complexity index is 5820. The Morgan fingerprint density at radius 2 is 0.941 bits per heavy atom. The molecule has 0 saturated heterocycles. The topological polar surface area (TPSA) is 162 Å². The van der Waals surface area contributed by atoms with E-state index in [2.05, 4.69) is 181 Å². The van der Waals surface area contributed by atoms with Crippen molar-refractivity contribution in [3.05, 3.63) is 407 Å². The third-order valence-corrected chi connectivity index (χ3v) is 20.5. The number of benzene rings is 10. The van der Waals surface area contributed by atoms with Crippen LogP contribution in [0.25, 0.3) is 55.9 Å². The van der Waals surface area contributed by atoms with Gasteiger partial charge >= 0.3 is 0 Å². The molecule has 18 rings (SSSR count). The highest BCUT2D eigenvalue weighted by Crippen LogP contribution is 2.48. The smallest absolute Gasteiger partial charge is 0.204 e. The number of aliphatic hydroxyl groups excluding tert-OH is 3. The predicted octanol–water partition coefficient (Wildman–Crippen LogP) is 17.9. The Morgan fingerprint density at radius 1 is 0.436 bits per heavy atom. The number of aromatic hydroxyl groups is 2. The minimum absolute atomic E-state index is 0.0691. The number of fused-ring (bicyclic) bond motifs is 10. The van der Waals surface area contributed by atoms with Crippen molar-refractivity contribution in [2.75, 3.05) is 0 Å². The highest BCUT2D eigenvalue weighted by atomic mass is 16.3. The lowest BCUT2D eigenvalue weighted by Crippen LogP contribution is -2.25. The SMILES string of the molecule is Cc1ccc2c(c1)Cc1cc(C)ccc1C2=C1C(O)=CC(O)c2c1oc(-c1ccccc1)cc2=O.Cc1ccc2c(c1)Cc1cc(C)ccc1C2=C1C=CC(c2coc3cc(O)cc(O)c3c2=O)=CC1.Cc1ccc2c(c1)Cc1cc(C)ccc1C2=c1ccc2c(c1)Cc1ccccc1C=2O. The number of phenols is 2. The van der Waals surface area contributed by atoms with Crippen LogP contribution < -0.4 is 21.3 Å². The van der Waals surface area contributed by atoms with Crippen LogP contribution in [0.15, 0.2) is 261 Å². The third kappa shape index (κ3) is 11.6. The maximum absolute atomic E-state index is 13.2. The van der Waals surface area contributed by atoms with Gasteiger partial charge in [0.25, 0.3) is 0 Å². The zero-order chi connectivity index (χ0) is 69.6. The van der Waals surface area contributed by atoms with E-state index in [1.54, 1.807) is 0 Å². The molecule has 1 unspecified atom stereocenters. The molecule has 494 valence electrons. The minimum atomic E-state index is -1.26. The average molecular weight is 1320 g/mol. The molecule has 0 fully saturated rings. The van der Waals surface area contributed by atoms with Gasteiger partial charge in [0.2, 0.25) is 5.43 Å². The van der Waals surface area contributed by atoms with Gasteiger partial charge in [-0.25, -0.2) is 0 Å². The highest BCUT2D eigenvalue weighted by Gasteiger charge is 2.35. The van der Waals surface area contributed by atoms with Crippen LogP contribution in [0.2, 0.25) is 0 Å². The van der Waals surface area contributed by atoms with Crippen molar-refractivity contribution >= 4 is 44.6 Å². The van der Waals surface area contributed by atoms with Gasteiger partial charge in [-0.05, 0) is 185 Å². The van der Waals surface area contributed by atoms with Crippen LogP contribution >= 0.6 is 0 Å². The zero-order valence-corrected chi connectivity index (χ0v) is 56.9. The van der Waals surface area contributed by atoms with Crippen LogP contribution in [0.1, 0.15) is 146 Å². The van der Waals surface area contributed by atoms with Crippen LogP contribution in [0.4, 0.5) is 0 Å². The number of hydrogen-bond donors (Lipinski definition) is 5. The molecule has 0 radical (unpaired) electrons. The molecular weight excluding hydrogens is 1250 g/mol. The third-order valence-electron chi connectivity index (χ3n) is 20.5. The molecule has 0 saturated carbocycles. The zero-order valence-electron chi connectivity index (χ0n) is 56.9. The van der Waals surface area contributed by atoms with Crippen molar-refractivity contribution in [1.29, 1.82) is 0 Å². The number of aryl methyl sites for hydroxylation is 6. The first-order chi connectivity index (χ1) is 48.9. The maximum atomic E-state index is 13.2. The highest BCUT2D eigenvalue weighted by molar-refractivity contribution is 6.06. The van der Waals surface area contributed by atoms with Crippen molar-refractivity contribution in [3.63, 3.8) is 0 Å². The average Bonchev–Trinajstić information content (AvgIpc) is 0.737. The van der Waals surface area contributed by atoms with Gasteiger partial charge in [0.1, 0.15) is 57.9 Å². The molecule has 0 bridgehead atoms. The van der Waals surface area contributed by atoms with Gasteiger partial charge in [-0.15, -0.1) is 0 Å². The first-order valence-corrected chi connectivity index (χ1v) is 34.3. The van der Waals surface area contributed by atoms with E-state index < -0.39 is 6.10 Å². The van der Waals surface area contributed by atoms with Crippen LogP contribution in [0.3, 0.4) is 0 Å². The van der Waals surface area contributed by atoms with Gasteiger partial charge < -0.3 is 34.4 Å². The van der Waals surface area contributed by atoms with Gasteiger partial charge in [-0.2, -0.15) is 0 Å². The number of rotatable bonds is 2. The summed E-state index contributed by atoms with van der Waals surface area (Å²) in [5, 5.41) is 55.0. The second-order valence-electron chi connectivity index (χ2n) is 27.7. The Morgan fingerprint density at radius 3 is 1.48 bits per heavy atom. The second-order valence-corrected chi connectivity index (χ2v) is 27.7. The van der Waals surface area contributed by atoms with E-state index in [4.69, 9.17) is 8.83 Å². The molecular formula is C92H72O9. The molecule has 0 spiro atoms. The first-order valence-electron chi connectivity index (χ1n) is 34.3. The molecule has 101 heavy (non-hydrogen) atoms. The quantitative estimate of drug-likeness (QED) is 0.113. The maximum Gasteiger partial charge on any atom is 0.204 e. The van der Waals surface area contributed by atoms with E-state index >= 15 is 0 Å². The van der Waals surface area contributed by atoms with Gasteiger partial charge in [0.05, 0.1) is 16.7 Å². The summed E-state index contributed by atoms with van der Waals surface area (Å²) in [6, 6.07) is 67.5. The second kappa shape index (κ2) is 25.4. The van der Waals surface area contributed by atoms with Crippen LogP contribution in [-0.4, -0.2) is 25.5 Å². The number of aliphatic hydroxyl groups is 3. The van der Waals surface area contributed by atoms with Crippen molar-refractivity contribution in [1.82, 2.24) is 0 Å². The molecule has 12 aromatic rings. The summed E-state index contributed by atoms with van der Waals surface area (Å²) in [5.41, 5.74) is 32.1. The standard InChI is InChI=1S/2C31H24O4.C30H24O/c1-17-3-9-24-21(11-17)13-22-12-18(2)4-10-25(22)29(24)20-7-5-19(6-8-20)26-16-35-28-15-23(32)14-27(33)30(28)31(26)34;1-17-8-10-22-20(12-17)14-21-13-18(2)9-11-23(21)28(22)30-25(33)15-24(32)29-26(34)16-27(35-31(29)30)19-6-4-3-5-7-19;1-18-7-10-25-22(13-18)17-23-14-19(2)8-11-26(23)29(25)21-9-12-28-24(16-21)15-20-5-3-4-6-27(20)30(28)31/h3-7,9-12,14-16,32-33H,8,13H2,1-2H3;3-13,15-16,24,32-33H,14H2,1-2H3;3-14,16,31H,15,17H2,1-2H3. The largest absolute Gasteiger partial charge is 0.508 e. The lowest BCUT2D eigenvalue weighted by Gasteiger charge is -2.28. The van der Waals surface area contributed by atoms with Gasteiger partial charge in [-0.1, -0.05) is 234 Å². The monoisotopic (exact) mass is 1320 g/mol. The molecule has 0 amide bonds. The normalized spacial score (nSPS) is 15.0. The van der Waals surface area contributed by atoms with Crippen LogP contribution in [0.5, 0.6) is 11.5 Å². The number of phenolic OH excluding ortho intramolecular Hbond substituents is 2. The van der Waals surface area contributed by atoms with E-state index in [1.807, 2.05) is 60.7 Å². The number of allylic oxidation sites excluding steroid dienone is 6. The summed E-state index contributed by atoms with van der Waals surface area (Å²) in [6.07, 6.45) is 11.7. The Labute approximate surface area is 584 Å². The van der Waals surface area contributed by atoms with Crippen molar-refractivity contribution in [3.8, 4) is 22.8 Å². The molecule has 10 aromatic carbocycles. The molecule has 2 aromatic heterocycles. The molecule has 0 aliphatic heterocycles. The Balaban J connectivity index is 0.000000118. The Kier molecular flexibility index (Phi) is 16.0. The lowest BCUT2D eigenvalue weighted by molar-refractivity contribution is 0.215. The van der Waals surface area contributed by atoms with Gasteiger partial charge in [0, 0.05) is 40.1 Å². The Hall–Kier alpha value is -12.0. The van der Waals surface area contributed by atoms with E-state index in [0.29, 0.717) is 29.1 Å². The molecule has 5 N–H and O–H groups in total. The van der Waals surface area contributed by atoms with Crippen LogP contribution in [0, 0.1) is 41.5 Å². The molecule has 2 heterocycles. The molecule has 9 nitrogen and oxygen atoms in total. The van der Waals surface area contributed by atoms with Gasteiger partial charge in [0.15, 0.2) is 5.43 Å². The van der Waals surface area contributed by atoms with E-state index in [1.165, 1.54) is 124 Å². The molecule has 6 aliphatic rings. The van der Waals surface area contributed by atoms with Gasteiger partial charge in [-0.3, -0.25) is 9.59 Å². The summed E-state index contributed by atoms with van der Waals surface area (Å²) in [5.74, 6) is 0.437. The molecule has 9 heteroatoms. The van der Waals surface area contributed by atoms with Crippen LogP contribution in [-0.2, 0) is 25.7 Å². The summed E-state index contributed by atoms with van der Waals surface area (Å²) in [6.45, 7) is 12.7. The summed E-state index contributed by atoms with van der Waals surface area (Å²) >= 11 is 0. The molecule has 1 atom stereocenters. The predicted molar refractivity (Wildman–Crippen MR) is 403 cm³/mol. The lowest BCUT2D eigenvalue weighted by atomic mass is 9.77. The molecule has 6 aliphatic carbocycles. The van der Waals surface area contributed by atoms with Crippen molar-refractivity contribution < 1.29 is 34.4 Å². The van der Waals surface area contributed by atoms with Crippen molar-refractivity contribution in [2.24, 2.45) is 0 Å². The summed E-state index contributed by atoms with van der Waals surface area (Å²) in [4.78, 5) is 26.4. The fourth-order valence-electron chi connectivity index (χ4n) is 15.8. The summed E-state index contributed by atoms with van der Waals surface area (Å²) < 4.78 is 11.9. The van der Waals surface area contributed by atoms with E-state index in [9.17, 15) is 35.1 Å². The number of hydrogen-bond acceptors (Lipinski definition) is 9. The fraction of sp³-hybridized carbons (Fsp3) is 0.130. The summed E-state index contributed by atoms with van der Waals surface area (Å²) in [7, 11) is 0. The minimum Gasteiger partial charge on any atom is -0.508 e.